The highest BCUT2D eigenvalue weighted by molar-refractivity contribution is 5.93. The number of nitrogens with zero attached hydrogens (tertiary/aromatic N) is 3. The Morgan fingerprint density at radius 2 is 2.43 bits per heavy atom. The number of fused-ring (bicyclic) bond motifs is 2. The van der Waals surface area contributed by atoms with E-state index in [4.69, 9.17) is 5.21 Å². The highest BCUT2D eigenvalue weighted by Crippen LogP contribution is 2.48. The quantitative estimate of drug-likeness (QED) is 0.542. The van der Waals surface area contributed by atoms with Crippen LogP contribution in [0.2, 0.25) is 0 Å². The van der Waals surface area contributed by atoms with E-state index in [0.717, 1.165) is 5.71 Å². The maximum absolute atomic E-state index is 9.00. The van der Waals surface area contributed by atoms with E-state index in [9.17, 15) is 0 Å². The molecular weight excluding hydrogens is 178 g/mol. The van der Waals surface area contributed by atoms with Crippen molar-refractivity contribution in [2.45, 2.75) is 25.3 Å². The van der Waals surface area contributed by atoms with Crippen LogP contribution < -0.4 is 0 Å². The third-order valence-electron chi connectivity index (χ3n) is 3.57. The van der Waals surface area contributed by atoms with Gasteiger partial charge in [0.25, 0.3) is 0 Å². The van der Waals surface area contributed by atoms with Crippen molar-refractivity contribution in [3.63, 3.8) is 0 Å². The Morgan fingerprint density at radius 3 is 3.14 bits per heavy atom. The molecule has 2 fully saturated rings. The highest BCUT2D eigenvalue weighted by atomic mass is 16.4. The minimum atomic E-state index is 0.216. The van der Waals surface area contributed by atoms with Crippen molar-refractivity contribution in [2.75, 3.05) is 0 Å². The maximum Gasteiger partial charge on any atom is 0.0964 e. The Labute approximate surface area is 82.2 Å². The Morgan fingerprint density at radius 1 is 1.50 bits per heavy atom. The maximum atomic E-state index is 9.00. The first kappa shape index (κ1) is 8.03. The molecule has 2 aliphatic rings. The summed E-state index contributed by atoms with van der Waals surface area (Å²) in [4.78, 5) is 0. The Balaban J connectivity index is 2.00. The van der Waals surface area contributed by atoms with Gasteiger partial charge in [0.15, 0.2) is 0 Å². The van der Waals surface area contributed by atoms with Gasteiger partial charge in [0.1, 0.15) is 0 Å². The van der Waals surface area contributed by atoms with Gasteiger partial charge < -0.3 is 5.21 Å². The third-order valence-corrected chi connectivity index (χ3v) is 3.57. The average molecular weight is 191 g/mol. The molecule has 1 aromatic rings. The van der Waals surface area contributed by atoms with Gasteiger partial charge in [-0.2, -0.15) is 5.10 Å². The summed E-state index contributed by atoms with van der Waals surface area (Å²) >= 11 is 0. The molecule has 4 nitrogen and oxygen atoms in total. The second-order valence-corrected chi connectivity index (χ2v) is 4.23. The molecule has 0 radical (unpaired) electrons. The summed E-state index contributed by atoms with van der Waals surface area (Å²) in [5.41, 5.74) is 0.935. The molecule has 14 heavy (non-hydrogen) atoms. The SMILES string of the molecule is O/N=C1\[C@H]2CC[C@@H](C2)[C@@H]1n1cccn1. The molecule has 3 rings (SSSR count). The predicted octanol–water partition coefficient (Wildman–Crippen LogP) is 1.68. The van der Waals surface area contributed by atoms with E-state index in [1.165, 1.54) is 19.3 Å². The lowest BCUT2D eigenvalue weighted by Gasteiger charge is -2.22. The van der Waals surface area contributed by atoms with Crippen LogP contribution in [0.1, 0.15) is 25.3 Å². The van der Waals surface area contributed by atoms with Crippen molar-refractivity contribution in [2.24, 2.45) is 17.0 Å². The summed E-state index contributed by atoms with van der Waals surface area (Å²) in [6.45, 7) is 0. The number of rotatable bonds is 1. The fraction of sp³-hybridized carbons (Fsp3) is 0.600. The number of aromatic nitrogens is 2. The van der Waals surface area contributed by atoms with Crippen LogP contribution in [0.3, 0.4) is 0 Å². The summed E-state index contributed by atoms with van der Waals surface area (Å²) in [6, 6.07) is 2.13. The molecule has 1 heterocycles. The average Bonchev–Trinajstić information content (AvgIpc) is 2.92. The Kier molecular flexibility index (Phi) is 1.63. The molecule has 1 aromatic heterocycles. The Bertz CT molecular complexity index is 357. The van der Waals surface area contributed by atoms with Crippen LogP contribution in [0.25, 0.3) is 0 Å². The zero-order valence-electron chi connectivity index (χ0n) is 7.87. The van der Waals surface area contributed by atoms with Gasteiger partial charge in [0.05, 0.1) is 11.8 Å². The summed E-state index contributed by atoms with van der Waals surface area (Å²) in [7, 11) is 0. The molecular formula is C10H13N3O. The second-order valence-electron chi connectivity index (χ2n) is 4.23. The zero-order valence-corrected chi connectivity index (χ0v) is 7.87. The van der Waals surface area contributed by atoms with Crippen LogP contribution in [0.15, 0.2) is 23.6 Å². The van der Waals surface area contributed by atoms with Gasteiger partial charge in [-0.3, -0.25) is 4.68 Å². The molecule has 0 spiro atoms. The lowest BCUT2D eigenvalue weighted by atomic mass is 9.93. The van der Waals surface area contributed by atoms with E-state index in [-0.39, 0.29) is 6.04 Å². The molecule has 4 heteroatoms. The van der Waals surface area contributed by atoms with Crippen LogP contribution in [-0.4, -0.2) is 20.7 Å². The van der Waals surface area contributed by atoms with E-state index < -0.39 is 0 Å². The fourth-order valence-electron chi connectivity index (χ4n) is 2.99. The molecule has 3 atom stereocenters. The topological polar surface area (TPSA) is 50.4 Å². The van der Waals surface area contributed by atoms with Gasteiger partial charge in [-0.25, -0.2) is 0 Å². The third kappa shape index (κ3) is 0.937. The smallest absolute Gasteiger partial charge is 0.0964 e. The first-order chi connectivity index (χ1) is 6.90. The Hall–Kier alpha value is -1.32. The summed E-state index contributed by atoms with van der Waals surface area (Å²) in [5, 5.41) is 16.7. The predicted molar refractivity (Wildman–Crippen MR) is 51.3 cm³/mol. The standard InChI is InChI=1S/C10H13N3O/c14-12-9-7-2-3-8(6-7)10(9)13-5-1-4-11-13/h1,4-5,7-8,10,14H,2-3,6H2/b12-9+/t7-,8-,10-/m0/s1. The molecule has 0 aliphatic heterocycles. The van der Waals surface area contributed by atoms with Crippen LogP contribution >= 0.6 is 0 Å². The molecule has 2 bridgehead atoms. The van der Waals surface area contributed by atoms with Crippen molar-refractivity contribution in [3.8, 4) is 0 Å². The largest absolute Gasteiger partial charge is 0.411 e. The summed E-state index contributed by atoms with van der Waals surface area (Å²) in [5.74, 6) is 1.13. The van der Waals surface area contributed by atoms with Gasteiger partial charge in [-0.05, 0) is 31.2 Å². The fourth-order valence-corrected chi connectivity index (χ4v) is 2.99. The van der Waals surface area contributed by atoms with E-state index in [0.29, 0.717) is 11.8 Å². The van der Waals surface area contributed by atoms with Crippen molar-refractivity contribution < 1.29 is 5.21 Å². The summed E-state index contributed by atoms with van der Waals surface area (Å²) < 4.78 is 1.93. The molecule has 0 saturated heterocycles. The normalized spacial score (nSPS) is 38.3. The van der Waals surface area contributed by atoms with E-state index in [2.05, 4.69) is 10.3 Å². The number of hydrogen-bond acceptors (Lipinski definition) is 3. The first-order valence-corrected chi connectivity index (χ1v) is 5.11. The van der Waals surface area contributed by atoms with Gasteiger partial charge in [0, 0.05) is 18.3 Å². The van der Waals surface area contributed by atoms with Crippen molar-refractivity contribution in [3.05, 3.63) is 18.5 Å². The van der Waals surface area contributed by atoms with Gasteiger partial charge >= 0.3 is 0 Å². The second kappa shape index (κ2) is 2.83. The molecule has 0 unspecified atom stereocenters. The zero-order chi connectivity index (χ0) is 9.54. The van der Waals surface area contributed by atoms with E-state index in [1.54, 1.807) is 6.20 Å². The van der Waals surface area contributed by atoms with Crippen molar-refractivity contribution in [1.29, 1.82) is 0 Å². The molecule has 2 aliphatic carbocycles. The molecule has 74 valence electrons. The number of oxime groups is 1. The van der Waals surface area contributed by atoms with Crippen LogP contribution in [0.5, 0.6) is 0 Å². The summed E-state index contributed by atoms with van der Waals surface area (Å²) in [6.07, 6.45) is 7.33. The van der Waals surface area contributed by atoms with Crippen LogP contribution in [-0.2, 0) is 0 Å². The minimum Gasteiger partial charge on any atom is -0.411 e. The lowest BCUT2D eigenvalue weighted by molar-refractivity contribution is 0.305. The molecule has 0 aromatic carbocycles. The van der Waals surface area contributed by atoms with Crippen LogP contribution in [0.4, 0.5) is 0 Å². The molecule has 0 amide bonds. The lowest BCUT2D eigenvalue weighted by Crippen LogP contribution is -2.26. The van der Waals surface area contributed by atoms with E-state index >= 15 is 0 Å². The van der Waals surface area contributed by atoms with Gasteiger partial charge in [0.2, 0.25) is 0 Å². The first-order valence-electron chi connectivity index (χ1n) is 5.11. The molecule has 1 N–H and O–H groups in total. The van der Waals surface area contributed by atoms with Crippen LogP contribution in [0, 0.1) is 11.8 Å². The molecule has 2 saturated carbocycles. The van der Waals surface area contributed by atoms with Gasteiger partial charge in [-0.1, -0.05) is 5.16 Å². The van der Waals surface area contributed by atoms with Gasteiger partial charge in [-0.15, -0.1) is 0 Å². The number of hydrogen-bond donors (Lipinski definition) is 1. The monoisotopic (exact) mass is 191 g/mol. The van der Waals surface area contributed by atoms with Crippen molar-refractivity contribution in [1.82, 2.24) is 9.78 Å². The van der Waals surface area contributed by atoms with Crippen molar-refractivity contribution >= 4 is 5.71 Å². The van der Waals surface area contributed by atoms with E-state index in [1.807, 2.05) is 16.9 Å². The minimum absolute atomic E-state index is 0.216. The highest BCUT2D eigenvalue weighted by Gasteiger charge is 2.46.